The van der Waals surface area contributed by atoms with Crippen LogP contribution in [0.3, 0.4) is 0 Å². The summed E-state index contributed by atoms with van der Waals surface area (Å²) in [6.45, 7) is 4.09. The molecule has 0 aliphatic carbocycles. The molecule has 0 atom stereocenters. The highest BCUT2D eigenvalue weighted by Crippen LogP contribution is 2.24. The highest BCUT2D eigenvalue weighted by Gasteiger charge is 2.06. The van der Waals surface area contributed by atoms with Gasteiger partial charge in [-0.05, 0) is 55.8 Å². The largest absolute Gasteiger partial charge is 0.289 e. The standard InChI is InChI=1S/C15H12Cl2OS/c1-9-7-11(10(2)19-9)4-6-15(18)12-3-5-13(16)14(17)8-12/h3-8H,1-2H3/b6-4+. The van der Waals surface area contributed by atoms with Gasteiger partial charge in [-0.2, -0.15) is 0 Å². The summed E-state index contributed by atoms with van der Waals surface area (Å²) in [4.78, 5) is 14.5. The van der Waals surface area contributed by atoms with E-state index < -0.39 is 0 Å². The summed E-state index contributed by atoms with van der Waals surface area (Å²) in [5.41, 5.74) is 1.62. The predicted molar refractivity (Wildman–Crippen MR) is 83.6 cm³/mol. The highest BCUT2D eigenvalue weighted by atomic mass is 35.5. The summed E-state index contributed by atoms with van der Waals surface area (Å²) in [7, 11) is 0. The molecule has 2 aromatic rings. The van der Waals surface area contributed by atoms with E-state index in [9.17, 15) is 4.79 Å². The summed E-state index contributed by atoms with van der Waals surface area (Å²) in [6.07, 6.45) is 3.40. The third kappa shape index (κ3) is 3.47. The van der Waals surface area contributed by atoms with Crippen LogP contribution in [0, 0.1) is 13.8 Å². The smallest absolute Gasteiger partial charge is 0.185 e. The molecule has 0 radical (unpaired) electrons. The maximum absolute atomic E-state index is 12.0. The third-order valence-corrected chi connectivity index (χ3v) is 4.42. The quantitative estimate of drug-likeness (QED) is 0.535. The molecule has 0 spiro atoms. The Bertz CT molecular complexity index is 656. The van der Waals surface area contributed by atoms with Crippen molar-refractivity contribution in [2.75, 3.05) is 0 Å². The number of benzene rings is 1. The molecule has 4 heteroatoms. The number of aryl methyl sites for hydroxylation is 2. The van der Waals surface area contributed by atoms with Crippen molar-refractivity contribution in [3.63, 3.8) is 0 Å². The second-order valence-corrected chi connectivity index (χ2v) is 6.47. The molecule has 0 N–H and O–H groups in total. The van der Waals surface area contributed by atoms with Crippen molar-refractivity contribution in [3.8, 4) is 0 Å². The van der Waals surface area contributed by atoms with E-state index in [0.717, 1.165) is 5.56 Å². The minimum Gasteiger partial charge on any atom is -0.289 e. The van der Waals surface area contributed by atoms with Crippen LogP contribution in [0.5, 0.6) is 0 Å². The van der Waals surface area contributed by atoms with Gasteiger partial charge in [0.15, 0.2) is 5.78 Å². The SMILES string of the molecule is Cc1cc(/C=C/C(=O)c2ccc(Cl)c(Cl)c2)c(C)s1. The Hall–Kier alpha value is -1.09. The van der Waals surface area contributed by atoms with Gasteiger partial charge in [-0.15, -0.1) is 11.3 Å². The molecule has 1 nitrogen and oxygen atoms in total. The summed E-state index contributed by atoms with van der Waals surface area (Å²) >= 11 is 13.4. The molecule has 19 heavy (non-hydrogen) atoms. The minimum atomic E-state index is -0.0816. The van der Waals surface area contributed by atoms with Crippen LogP contribution in [0.25, 0.3) is 6.08 Å². The number of ketones is 1. The van der Waals surface area contributed by atoms with Gasteiger partial charge in [0.25, 0.3) is 0 Å². The first-order chi connectivity index (χ1) is 8.97. The van der Waals surface area contributed by atoms with Gasteiger partial charge < -0.3 is 0 Å². The number of hydrogen-bond acceptors (Lipinski definition) is 2. The third-order valence-electron chi connectivity index (χ3n) is 2.70. The molecular formula is C15H12Cl2OS. The lowest BCUT2D eigenvalue weighted by molar-refractivity contribution is 0.104. The van der Waals surface area contributed by atoms with Gasteiger partial charge in [-0.25, -0.2) is 0 Å². The van der Waals surface area contributed by atoms with E-state index in [0.29, 0.717) is 15.6 Å². The van der Waals surface area contributed by atoms with Crippen LogP contribution in [0.15, 0.2) is 30.3 Å². The Morgan fingerprint density at radius 1 is 1.16 bits per heavy atom. The topological polar surface area (TPSA) is 17.1 Å². The van der Waals surface area contributed by atoms with E-state index in [1.165, 1.54) is 9.75 Å². The first-order valence-electron chi connectivity index (χ1n) is 5.72. The van der Waals surface area contributed by atoms with E-state index in [1.807, 2.05) is 13.0 Å². The molecule has 0 aliphatic heterocycles. The molecule has 2 rings (SSSR count). The Kier molecular flexibility index (Phi) is 4.46. The maximum atomic E-state index is 12.0. The monoisotopic (exact) mass is 310 g/mol. The van der Waals surface area contributed by atoms with Crippen molar-refractivity contribution in [2.24, 2.45) is 0 Å². The summed E-state index contributed by atoms with van der Waals surface area (Å²) in [5, 5.41) is 0.843. The average Bonchev–Trinajstić information content (AvgIpc) is 2.68. The molecule has 1 aromatic heterocycles. The van der Waals surface area contributed by atoms with E-state index in [4.69, 9.17) is 23.2 Å². The number of rotatable bonds is 3. The maximum Gasteiger partial charge on any atom is 0.185 e. The first kappa shape index (κ1) is 14.3. The average molecular weight is 311 g/mol. The van der Waals surface area contributed by atoms with Crippen molar-refractivity contribution in [1.82, 2.24) is 0 Å². The van der Waals surface area contributed by atoms with Crippen molar-refractivity contribution in [1.29, 1.82) is 0 Å². The lowest BCUT2D eigenvalue weighted by Gasteiger charge is -1.99. The van der Waals surface area contributed by atoms with Crippen molar-refractivity contribution in [3.05, 3.63) is 61.3 Å². The molecule has 0 unspecified atom stereocenters. The minimum absolute atomic E-state index is 0.0816. The van der Waals surface area contributed by atoms with Crippen LogP contribution in [-0.4, -0.2) is 5.78 Å². The fourth-order valence-corrected chi connectivity index (χ4v) is 2.94. The second kappa shape index (κ2) is 5.91. The number of hydrogen-bond donors (Lipinski definition) is 0. The molecule has 0 bridgehead atoms. The van der Waals surface area contributed by atoms with Gasteiger partial charge in [-0.3, -0.25) is 4.79 Å². The summed E-state index contributed by atoms with van der Waals surface area (Å²) < 4.78 is 0. The van der Waals surface area contributed by atoms with Crippen molar-refractivity contribution in [2.45, 2.75) is 13.8 Å². The first-order valence-corrected chi connectivity index (χ1v) is 7.29. The number of carbonyl (C=O) groups excluding carboxylic acids is 1. The van der Waals surface area contributed by atoms with E-state index in [1.54, 1.807) is 35.6 Å². The number of allylic oxidation sites excluding steroid dienone is 1. The van der Waals surface area contributed by atoms with Gasteiger partial charge in [0.2, 0.25) is 0 Å². The van der Waals surface area contributed by atoms with Gasteiger partial charge >= 0.3 is 0 Å². The molecule has 0 amide bonds. The molecule has 0 fully saturated rings. The van der Waals surface area contributed by atoms with Gasteiger partial charge in [0.05, 0.1) is 10.0 Å². The van der Waals surface area contributed by atoms with Crippen molar-refractivity contribution >= 4 is 46.4 Å². The predicted octanol–water partition coefficient (Wildman–Crippen LogP) is 5.57. The van der Waals surface area contributed by atoms with Gasteiger partial charge in [0.1, 0.15) is 0 Å². The lowest BCUT2D eigenvalue weighted by Crippen LogP contribution is -1.93. The van der Waals surface area contributed by atoms with Crippen LogP contribution in [0.4, 0.5) is 0 Å². The van der Waals surface area contributed by atoms with Crippen LogP contribution >= 0.6 is 34.5 Å². The van der Waals surface area contributed by atoms with Gasteiger partial charge in [-0.1, -0.05) is 23.2 Å². The molecule has 0 saturated heterocycles. The fourth-order valence-electron chi connectivity index (χ4n) is 1.73. The van der Waals surface area contributed by atoms with Crippen LogP contribution < -0.4 is 0 Å². The zero-order valence-electron chi connectivity index (χ0n) is 10.5. The molecule has 1 aromatic carbocycles. The Balaban J connectivity index is 2.21. The Morgan fingerprint density at radius 3 is 2.47 bits per heavy atom. The molecular weight excluding hydrogens is 299 g/mol. The fraction of sp³-hybridized carbons (Fsp3) is 0.133. The number of carbonyl (C=O) groups is 1. The van der Waals surface area contributed by atoms with Crippen LogP contribution in [0.1, 0.15) is 25.7 Å². The van der Waals surface area contributed by atoms with E-state index in [2.05, 4.69) is 13.0 Å². The lowest BCUT2D eigenvalue weighted by atomic mass is 10.1. The second-order valence-electron chi connectivity index (χ2n) is 4.20. The zero-order valence-corrected chi connectivity index (χ0v) is 12.9. The number of halogens is 2. The number of thiophene rings is 1. The van der Waals surface area contributed by atoms with E-state index in [-0.39, 0.29) is 5.78 Å². The highest BCUT2D eigenvalue weighted by molar-refractivity contribution is 7.12. The zero-order chi connectivity index (χ0) is 14.0. The van der Waals surface area contributed by atoms with Gasteiger partial charge in [0, 0.05) is 15.3 Å². The molecule has 0 saturated carbocycles. The van der Waals surface area contributed by atoms with E-state index >= 15 is 0 Å². The molecule has 0 aliphatic rings. The Labute approximate surface area is 126 Å². The Morgan fingerprint density at radius 2 is 1.89 bits per heavy atom. The summed E-state index contributed by atoms with van der Waals surface area (Å²) in [5.74, 6) is -0.0816. The molecule has 98 valence electrons. The van der Waals surface area contributed by atoms with Crippen LogP contribution in [0.2, 0.25) is 10.0 Å². The van der Waals surface area contributed by atoms with Crippen LogP contribution in [-0.2, 0) is 0 Å². The summed E-state index contributed by atoms with van der Waals surface area (Å²) in [6, 6.07) is 6.96. The molecule has 1 heterocycles. The normalized spacial score (nSPS) is 11.2. The van der Waals surface area contributed by atoms with Crippen molar-refractivity contribution < 1.29 is 4.79 Å².